The molecule has 0 aliphatic carbocycles. The van der Waals surface area contributed by atoms with Crippen LogP contribution in [-0.4, -0.2) is 5.33 Å². The van der Waals surface area contributed by atoms with Gasteiger partial charge in [0.25, 0.3) is 0 Å². The summed E-state index contributed by atoms with van der Waals surface area (Å²) in [5.41, 5.74) is 3.01. The van der Waals surface area contributed by atoms with E-state index in [4.69, 9.17) is 0 Å². The summed E-state index contributed by atoms with van der Waals surface area (Å²) in [4.78, 5) is 0. The maximum absolute atomic E-state index is 3.45. The molecule has 0 saturated heterocycles. The van der Waals surface area contributed by atoms with Crippen molar-refractivity contribution in [2.24, 2.45) is 0 Å². The van der Waals surface area contributed by atoms with Gasteiger partial charge in [0.1, 0.15) is 0 Å². The monoisotopic (exact) mass is 226 g/mol. The van der Waals surface area contributed by atoms with Crippen LogP contribution in [0.3, 0.4) is 0 Å². The molecule has 0 spiro atoms. The van der Waals surface area contributed by atoms with Gasteiger partial charge < -0.3 is 0 Å². The molecular formula is C11H15Br. The van der Waals surface area contributed by atoms with Gasteiger partial charge in [-0.25, -0.2) is 0 Å². The maximum Gasteiger partial charge on any atom is 0.00344 e. The second-order valence-corrected chi connectivity index (χ2v) is 3.71. The Bertz CT molecular complexity index is 230. The fraction of sp³-hybridized carbons (Fsp3) is 0.455. The average molecular weight is 227 g/mol. The fourth-order valence-electron chi connectivity index (χ4n) is 1.40. The van der Waals surface area contributed by atoms with Gasteiger partial charge in [-0.1, -0.05) is 47.1 Å². The molecule has 0 aliphatic rings. The Kier molecular flexibility index (Phi) is 4.37. The first-order chi connectivity index (χ1) is 5.88. The molecule has 0 fully saturated rings. The lowest BCUT2D eigenvalue weighted by atomic mass is 10.0. The van der Waals surface area contributed by atoms with Crippen molar-refractivity contribution in [2.75, 3.05) is 5.33 Å². The quantitative estimate of drug-likeness (QED) is 0.689. The highest BCUT2D eigenvalue weighted by molar-refractivity contribution is 9.09. The largest absolute Gasteiger partial charge is 0.0928 e. The molecule has 0 bridgehead atoms. The van der Waals surface area contributed by atoms with E-state index in [9.17, 15) is 0 Å². The Labute approximate surface area is 83.1 Å². The Morgan fingerprint density at radius 1 is 1.17 bits per heavy atom. The van der Waals surface area contributed by atoms with Gasteiger partial charge in [-0.05, 0) is 30.4 Å². The molecule has 0 radical (unpaired) electrons. The van der Waals surface area contributed by atoms with E-state index in [0.29, 0.717) is 0 Å². The van der Waals surface area contributed by atoms with Gasteiger partial charge in [0.15, 0.2) is 0 Å². The molecule has 0 nitrogen and oxygen atoms in total. The summed E-state index contributed by atoms with van der Waals surface area (Å²) in [6.45, 7) is 2.22. The molecule has 1 aromatic carbocycles. The topological polar surface area (TPSA) is 0 Å². The molecule has 0 saturated carbocycles. The van der Waals surface area contributed by atoms with E-state index >= 15 is 0 Å². The van der Waals surface area contributed by atoms with Crippen molar-refractivity contribution in [2.45, 2.75) is 26.2 Å². The smallest absolute Gasteiger partial charge is 0.00344 e. The summed E-state index contributed by atoms with van der Waals surface area (Å²) in [5.74, 6) is 0. The molecule has 0 unspecified atom stereocenters. The van der Waals surface area contributed by atoms with Crippen LogP contribution in [0, 0.1) is 0 Å². The lowest BCUT2D eigenvalue weighted by Crippen LogP contribution is -1.92. The van der Waals surface area contributed by atoms with Gasteiger partial charge in [-0.3, -0.25) is 0 Å². The summed E-state index contributed by atoms with van der Waals surface area (Å²) in [6.07, 6.45) is 3.59. The summed E-state index contributed by atoms with van der Waals surface area (Å²) in [7, 11) is 0. The Morgan fingerprint density at radius 2 is 1.83 bits per heavy atom. The predicted molar refractivity (Wildman–Crippen MR) is 57.9 cm³/mol. The first kappa shape index (κ1) is 9.79. The van der Waals surface area contributed by atoms with E-state index in [2.05, 4.69) is 47.1 Å². The van der Waals surface area contributed by atoms with Crippen LogP contribution in [-0.2, 0) is 12.8 Å². The van der Waals surface area contributed by atoms with Gasteiger partial charge in [0.2, 0.25) is 0 Å². The number of hydrogen-bond acceptors (Lipinski definition) is 0. The number of rotatable bonds is 4. The van der Waals surface area contributed by atoms with E-state index in [0.717, 1.165) is 11.8 Å². The van der Waals surface area contributed by atoms with Gasteiger partial charge >= 0.3 is 0 Å². The van der Waals surface area contributed by atoms with Crippen molar-refractivity contribution in [3.8, 4) is 0 Å². The van der Waals surface area contributed by atoms with Crippen molar-refractivity contribution in [3.05, 3.63) is 35.4 Å². The van der Waals surface area contributed by atoms with Crippen molar-refractivity contribution in [3.63, 3.8) is 0 Å². The highest BCUT2D eigenvalue weighted by atomic mass is 79.9. The molecule has 0 amide bonds. The minimum Gasteiger partial charge on any atom is -0.0928 e. The minimum absolute atomic E-state index is 1.10. The summed E-state index contributed by atoms with van der Waals surface area (Å²) >= 11 is 3.45. The average Bonchev–Trinajstić information content (AvgIpc) is 2.15. The third-order valence-electron chi connectivity index (χ3n) is 2.08. The molecule has 1 rings (SSSR count). The zero-order chi connectivity index (χ0) is 8.81. The lowest BCUT2D eigenvalue weighted by molar-refractivity contribution is 0.914. The van der Waals surface area contributed by atoms with Crippen LogP contribution in [0.15, 0.2) is 24.3 Å². The van der Waals surface area contributed by atoms with Crippen LogP contribution in [0.5, 0.6) is 0 Å². The van der Waals surface area contributed by atoms with Crippen LogP contribution in [0.1, 0.15) is 24.5 Å². The molecule has 0 aliphatic heterocycles. The predicted octanol–water partition coefficient (Wildman–Crippen LogP) is 3.58. The van der Waals surface area contributed by atoms with Crippen LogP contribution in [0.4, 0.5) is 0 Å². The van der Waals surface area contributed by atoms with Gasteiger partial charge in [-0.15, -0.1) is 0 Å². The van der Waals surface area contributed by atoms with Crippen LogP contribution < -0.4 is 0 Å². The number of benzene rings is 1. The second-order valence-electron chi connectivity index (χ2n) is 2.91. The molecule has 1 aromatic rings. The number of alkyl halides is 1. The van der Waals surface area contributed by atoms with E-state index in [1.807, 2.05) is 0 Å². The standard InChI is InChI=1S/C11H15Br/c1-2-10-6-3-4-7-11(10)8-5-9-12/h3-4,6-7H,2,5,8-9H2,1H3. The Morgan fingerprint density at radius 3 is 2.42 bits per heavy atom. The molecular weight excluding hydrogens is 212 g/mol. The third-order valence-corrected chi connectivity index (χ3v) is 2.64. The van der Waals surface area contributed by atoms with E-state index in [1.165, 1.54) is 24.0 Å². The van der Waals surface area contributed by atoms with Crippen LogP contribution in [0.2, 0.25) is 0 Å². The highest BCUT2D eigenvalue weighted by Crippen LogP contribution is 2.11. The van der Waals surface area contributed by atoms with E-state index in [1.54, 1.807) is 0 Å². The molecule has 0 aromatic heterocycles. The normalized spacial score (nSPS) is 10.2. The number of hydrogen-bond donors (Lipinski definition) is 0. The first-order valence-corrected chi connectivity index (χ1v) is 5.63. The first-order valence-electron chi connectivity index (χ1n) is 4.51. The molecule has 1 heteroatoms. The second kappa shape index (κ2) is 5.36. The zero-order valence-electron chi connectivity index (χ0n) is 7.52. The number of halogens is 1. The Hall–Kier alpha value is -0.300. The lowest BCUT2D eigenvalue weighted by Gasteiger charge is -2.05. The fourth-order valence-corrected chi connectivity index (χ4v) is 1.68. The van der Waals surface area contributed by atoms with Crippen molar-refractivity contribution in [1.82, 2.24) is 0 Å². The maximum atomic E-state index is 3.45. The van der Waals surface area contributed by atoms with Crippen molar-refractivity contribution in [1.29, 1.82) is 0 Å². The minimum atomic E-state index is 1.10. The summed E-state index contributed by atoms with van der Waals surface area (Å²) in [6, 6.07) is 8.71. The molecule has 66 valence electrons. The Balaban J connectivity index is 2.68. The van der Waals surface area contributed by atoms with E-state index in [-0.39, 0.29) is 0 Å². The zero-order valence-corrected chi connectivity index (χ0v) is 9.10. The van der Waals surface area contributed by atoms with Crippen LogP contribution in [0.25, 0.3) is 0 Å². The summed E-state index contributed by atoms with van der Waals surface area (Å²) < 4.78 is 0. The molecule has 12 heavy (non-hydrogen) atoms. The third kappa shape index (κ3) is 2.63. The van der Waals surface area contributed by atoms with Gasteiger partial charge in [-0.2, -0.15) is 0 Å². The van der Waals surface area contributed by atoms with Gasteiger partial charge in [0.05, 0.1) is 0 Å². The molecule has 0 atom stereocenters. The van der Waals surface area contributed by atoms with Crippen molar-refractivity contribution < 1.29 is 0 Å². The van der Waals surface area contributed by atoms with Crippen molar-refractivity contribution >= 4 is 15.9 Å². The SMILES string of the molecule is CCc1ccccc1CCCBr. The highest BCUT2D eigenvalue weighted by Gasteiger charge is 1.97. The van der Waals surface area contributed by atoms with Gasteiger partial charge in [0, 0.05) is 5.33 Å². The summed E-state index contributed by atoms with van der Waals surface area (Å²) in [5, 5.41) is 1.10. The molecule has 0 heterocycles. The number of aryl methyl sites for hydroxylation is 2. The molecule has 0 N–H and O–H groups in total. The van der Waals surface area contributed by atoms with Crippen LogP contribution >= 0.6 is 15.9 Å². The van der Waals surface area contributed by atoms with E-state index < -0.39 is 0 Å².